The highest BCUT2D eigenvalue weighted by atomic mass is 15.2. The number of hydrogen-bond donors (Lipinski definition) is 0. The van der Waals surface area contributed by atoms with Crippen molar-refractivity contribution in [2.75, 3.05) is 4.90 Å². The molecule has 0 saturated heterocycles. The molecule has 0 fully saturated rings. The van der Waals surface area contributed by atoms with Crippen molar-refractivity contribution in [2.45, 2.75) is 12.0 Å². The van der Waals surface area contributed by atoms with Gasteiger partial charge in [0.2, 0.25) is 0 Å². The topological polar surface area (TPSA) is 34.0 Å². The molecule has 11 rings (SSSR count). The van der Waals surface area contributed by atoms with Crippen LogP contribution >= 0.6 is 0 Å². The molecular formula is C58H42N4. The van der Waals surface area contributed by atoms with Crippen molar-refractivity contribution < 1.29 is 0 Å². The molecule has 2 atom stereocenters. The molecule has 8 aromatic carbocycles. The molecule has 0 spiro atoms. The third-order valence-corrected chi connectivity index (χ3v) is 12.1. The van der Waals surface area contributed by atoms with Crippen LogP contribution in [-0.2, 0) is 0 Å². The summed E-state index contributed by atoms with van der Waals surface area (Å²) in [4.78, 5) is 12.6. The lowest BCUT2D eigenvalue weighted by molar-refractivity contribution is 0.756. The Morgan fingerprint density at radius 2 is 1.05 bits per heavy atom. The Labute approximate surface area is 362 Å². The smallest absolute Gasteiger partial charge is 0.160 e. The molecule has 294 valence electrons. The lowest BCUT2D eigenvalue weighted by Gasteiger charge is -2.27. The maximum atomic E-state index is 5.06. The Kier molecular flexibility index (Phi) is 9.44. The fraction of sp³-hybridized carbons (Fsp3) is 0.0345. The van der Waals surface area contributed by atoms with Gasteiger partial charge in [0.1, 0.15) is 0 Å². The number of nitrogens with zero attached hydrogens (tertiary/aromatic N) is 4. The number of para-hydroxylation sites is 3. The lowest BCUT2D eigenvalue weighted by Crippen LogP contribution is -2.27. The zero-order chi connectivity index (χ0) is 41.4. The van der Waals surface area contributed by atoms with Crippen LogP contribution in [0.3, 0.4) is 0 Å². The minimum Gasteiger partial charge on any atom is -0.333 e. The molecule has 1 aliphatic rings. The van der Waals surface area contributed by atoms with Gasteiger partial charge in [-0.15, -0.1) is 6.58 Å². The average molecular weight is 795 g/mol. The van der Waals surface area contributed by atoms with Gasteiger partial charge < -0.3 is 9.47 Å². The predicted molar refractivity (Wildman–Crippen MR) is 259 cm³/mol. The normalized spacial score (nSPS) is 14.7. The van der Waals surface area contributed by atoms with Crippen LogP contribution < -0.4 is 4.90 Å². The fourth-order valence-electron chi connectivity index (χ4n) is 9.17. The molecule has 0 amide bonds. The first-order chi connectivity index (χ1) is 30.7. The molecule has 2 unspecified atom stereocenters. The molecule has 10 aromatic rings. The Morgan fingerprint density at radius 3 is 1.77 bits per heavy atom. The zero-order valence-electron chi connectivity index (χ0n) is 34.1. The molecule has 1 aliphatic heterocycles. The van der Waals surface area contributed by atoms with E-state index in [1.165, 1.54) is 33.2 Å². The summed E-state index contributed by atoms with van der Waals surface area (Å²) in [7, 11) is 0. The van der Waals surface area contributed by atoms with Gasteiger partial charge in [-0.1, -0.05) is 182 Å². The number of aromatic nitrogens is 3. The van der Waals surface area contributed by atoms with E-state index in [0.717, 1.165) is 56.0 Å². The highest BCUT2D eigenvalue weighted by molar-refractivity contribution is 6.10. The summed E-state index contributed by atoms with van der Waals surface area (Å²) in [6.45, 7) is 4.29. The van der Waals surface area contributed by atoms with Crippen molar-refractivity contribution in [1.82, 2.24) is 14.5 Å². The molecule has 0 radical (unpaired) electrons. The van der Waals surface area contributed by atoms with E-state index in [0.29, 0.717) is 5.82 Å². The molecular weight excluding hydrogens is 753 g/mol. The van der Waals surface area contributed by atoms with Crippen LogP contribution in [0, 0.1) is 0 Å². The zero-order valence-corrected chi connectivity index (χ0v) is 34.1. The van der Waals surface area contributed by atoms with Gasteiger partial charge >= 0.3 is 0 Å². The first-order valence-corrected chi connectivity index (χ1v) is 21.2. The van der Waals surface area contributed by atoms with Gasteiger partial charge in [-0.3, -0.25) is 0 Å². The summed E-state index contributed by atoms with van der Waals surface area (Å²) in [5.74, 6) is 0.862. The molecule has 0 bridgehead atoms. The second-order valence-corrected chi connectivity index (χ2v) is 15.8. The molecule has 2 aromatic heterocycles. The molecule has 0 saturated carbocycles. The van der Waals surface area contributed by atoms with Gasteiger partial charge in [0.25, 0.3) is 0 Å². The number of fused-ring (bicyclic) bond motifs is 4. The summed E-state index contributed by atoms with van der Waals surface area (Å²) in [5.41, 5.74) is 15.5. The highest BCUT2D eigenvalue weighted by Crippen LogP contribution is 2.46. The Morgan fingerprint density at radius 1 is 0.452 bits per heavy atom. The van der Waals surface area contributed by atoms with Crippen molar-refractivity contribution in [2.24, 2.45) is 0 Å². The SMILES string of the molecule is C=CC1c2ccccc2N(c2ccccc2)C1/C=C/c1cccc(-n2c3ccccc3c3ccc(-c4ccc(-c5nc(-c6ccccc6)cc(-c6ccccc6)n5)cc4)cc32)c1. The van der Waals surface area contributed by atoms with Crippen LogP contribution in [0.5, 0.6) is 0 Å². The van der Waals surface area contributed by atoms with Crippen LogP contribution in [0.1, 0.15) is 17.0 Å². The van der Waals surface area contributed by atoms with Crippen LogP contribution in [0.4, 0.5) is 11.4 Å². The van der Waals surface area contributed by atoms with Crippen LogP contribution in [0.25, 0.3) is 78.6 Å². The molecule has 0 aliphatic carbocycles. The van der Waals surface area contributed by atoms with Crippen LogP contribution in [0.2, 0.25) is 0 Å². The molecule has 4 nitrogen and oxygen atoms in total. The van der Waals surface area contributed by atoms with Gasteiger partial charge in [0.05, 0.1) is 28.5 Å². The minimum atomic E-state index is 0.0865. The van der Waals surface area contributed by atoms with E-state index in [1.54, 1.807) is 0 Å². The minimum absolute atomic E-state index is 0.0865. The summed E-state index contributed by atoms with van der Waals surface area (Å²) < 4.78 is 2.40. The maximum Gasteiger partial charge on any atom is 0.160 e. The third-order valence-electron chi connectivity index (χ3n) is 12.1. The van der Waals surface area contributed by atoms with Gasteiger partial charge in [0.15, 0.2) is 5.82 Å². The first kappa shape index (κ1) is 37.0. The first-order valence-electron chi connectivity index (χ1n) is 21.2. The average Bonchev–Trinajstić information content (AvgIpc) is 3.86. The van der Waals surface area contributed by atoms with Gasteiger partial charge in [-0.05, 0) is 70.8 Å². The molecule has 0 N–H and O–H groups in total. The van der Waals surface area contributed by atoms with Crippen molar-refractivity contribution in [3.8, 4) is 50.7 Å². The van der Waals surface area contributed by atoms with Gasteiger partial charge in [-0.2, -0.15) is 0 Å². The maximum absolute atomic E-state index is 5.06. The Bertz CT molecular complexity index is 3200. The summed E-state index contributed by atoms with van der Waals surface area (Å²) in [6.07, 6.45) is 6.71. The largest absolute Gasteiger partial charge is 0.333 e. The van der Waals surface area contributed by atoms with E-state index >= 15 is 0 Å². The van der Waals surface area contributed by atoms with E-state index in [9.17, 15) is 0 Å². The lowest BCUT2D eigenvalue weighted by atomic mass is 9.94. The fourth-order valence-corrected chi connectivity index (χ4v) is 9.17. The van der Waals surface area contributed by atoms with Crippen molar-refractivity contribution in [3.63, 3.8) is 0 Å². The number of hydrogen-bond acceptors (Lipinski definition) is 3. The molecule has 4 heteroatoms. The number of benzene rings is 8. The summed E-state index contributed by atoms with van der Waals surface area (Å²) in [5, 5.41) is 2.45. The molecule has 3 heterocycles. The second kappa shape index (κ2) is 15.8. The predicted octanol–water partition coefficient (Wildman–Crippen LogP) is 14.7. The van der Waals surface area contributed by atoms with E-state index < -0.39 is 0 Å². The Hall–Kier alpha value is -8.08. The van der Waals surface area contributed by atoms with Crippen molar-refractivity contribution >= 4 is 39.3 Å². The van der Waals surface area contributed by atoms with E-state index in [4.69, 9.17) is 9.97 Å². The third kappa shape index (κ3) is 6.68. The van der Waals surface area contributed by atoms with E-state index in [2.05, 4.69) is 210 Å². The van der Waals surface area contributed by atoms with Gasteiger partial charge in [-0.25, -0.2) is 9.97 Å². The van der Waals surface area contributed by atoms with E-state index in [1.807, 2.05) is 36.4 Å². The van der Waals surface area contributed by atoms with Gasteiger partial charge in [0, 0.05) is 50.4 Å². The molecule has 62 heavy (non-hydrogen) atoms. The summed E-state index contributed by atoms with van der Waals surface area (Å²) >= 11 is 0. The second-order valence-electron chi connectivity index (χ2n) is 15.8. The highest BCUT2D eigenvalue weighted by Gasteiger charge is 2.35. The van der Waals surface area contributed by atoms with Crippen LogP contribution in [0.15, 0.2) is 231 Å². The standard InChI is InChI=1S/C58H42N4/c1-2-48-49-25-12-14-27-54(49)61(46-22-10-5-11-23-46)56(48)36-29-40-17-16-24-47(37-40)62-55-28-15-13-26-50(55)51-35-34-45(38-57(51)62)41-30-32-44(33-31-41)58-59-52(42-18-6-3-7-19-42)39-53(60-58)43-20-8-4-9-21-43/h2-39,48,56H,1H2/b36-29+. The monoisotopic (exact) mass is 794 g/mol. The summed E-state index contributed by atoms with van der Waals surface area (Å²) in [6, 6.07) is 75.3. The van der Waals surface area contributed by atoms with Crippen molar-refractivity contribution in [3.05, 3.63) is 242 Å². The van der Waals surface area contributed by atoms with Crippen LogP contribution in [-0.4, -0.2) is 20.6 Å². The van der Waals surface area contributed by atoms with Crippen molar-refractivity contribution in [1.29, 1.82) is 0 Å². The number of anilines is 2. The van der Waals surface area contributed by atoms with E-state index in [-0.39, 0.29) is 12.0 Å². The Balaban J connectivity index is 0.952. The quantitative estimate of drug-likeness (QED) is 0.137. The number of rotatable bonds is 9.